The Morgan fingerprint density at radius 2 is 2.00 bits per heavy atom. The van der Waals surface area contributed by atoms with Crippen LogP contribution < -0.4 is 5.32 Å². The molecule has 1 N–H and O–H groups in total. The van der Waals surface area contributed by atoms with Gasteiger partial charge in [0.15, 0.2) is 0 Å². The molecule has 1 saturated carbocycles. The molecule has 1 fully saturated rings. The van der Waals surface area contributed by atoms with Gasteiger partial charge in [-0.3, -0.25) is 4.79 Å². The monoisotopic (exact) mass is 310 g/mol. The summed E-state index contributed by atoms with van der Waals surface area (Å²) < 4.78 is 0.962. The van der Waals surface area contributed by atoms with Gasteiger partial charge in [0.25, 0.3) is 0 Å². The van der Waals surface area contributed by atoms with E-state index in [9.17, 15) is 4.79 Å². The largest absolute Gasteiger partial charge is 0.310 e. The number of pyridine rings is 1. The minimum absolute atomic E-state index is 0.108. The van der Waals surface area contributed by atoms with E-state index in [1.807, 2.05) is 19.1 Å². The van der Waals surface area contributed by atoms with Crippen LogP contribution in [-0.4, -0.2) is 10.9 Å². The molecule has 1 heterocycles. The number of nitrogens with zero attached hydrogens (tertiary/aromatic N) is 1. The number of hydrogen-bond donors (Lipinski definition) is 1. The summed E-state index contributed by atoms with van der Waals surface area (Å²) in [6.45, 7) is 3.98. The molecule has 1 aromatic rings. The number of anilines is 1. The summed E-state index contributed by atoms with van der Waals surface area (Å²) in [5.74, 6) is 0.754. The molecule has 18 heavy (non-hydrogen) atoms. The Hall–Kier alpha value is -0.900. The van der Waals surface area contributed by atoms with Crippen molar-refractivity contribution < 1.29 is 4.79 Å². The zero-order chi connectivity index (χ0) is 13.2. The Morgan fingerprint density at radius 3 is 2.61 bits per heavy atom. The van der Waals surface area contributed by atoms with Crippen molar-refractivity contribution in [3.05, 3.63) is 22.3 Å². The molecule has 98 valence electrons. The summed E-state index contributed by atoms with van der Waals surface area (Å²) in [7, 11) is 0. The van der Waals surface area contributed by atoms with Crippen LogP contribution in [0.2, 0.25) is 0 Å². The van der Waals surface area contributed by atoms with Crippen LogP contribution in [0.4, 0.5) is 5.82 Å². The highest BCUT2D eigenvalue weighted by Gasteiger charge is 2.34. The van der Waals surface area contributed by atoms with Crippen molar-refractivity contribution in [3.63, 3.8) is 0 Å². The Labute approximate surface area is 117 Å². The van der Waals surface area contributed by atoms with Gasteiger partial charge in [-0.1, -0.05) is 26.2 Å². The third kappa shape index (κ3) is 2.91. The van der Waals surface area contributed by atoms with Crippen LogP contribution in [-0.2, 0) is 4.79 Å². The molecule has 0 unspecified atom stereocenters. The molecule has 1 aliphatic carbocycles. The molecule has 0 spiro atoms. The highest BCUT2D eigenvalue weighted by molar-refractivity contribution is 9.10. The molecule has 4 heteroatoms. The van der Waals surface area contributed by atoms with E-state index in [-0.39, 0.29) is 11.3 Å². The molecule has 0 saturated heterocycles. The summed E-state index contributed by atoms with van der Waals surface area (Å²) >= 11 is 3.41. The normalized spacial score (nSPS) is 18.4. The molecule has 1 aromatic heterocycles. The smallest absolute Gasteiger partial charge is 0.231 e. The third-order valence-electron chi connectivity index (χ3n) is 3.77. The Bertz CT molecular complexity index is 453. The van der Waals surface area contributed by atoms with Crippen molar-refractivity contribution in [2.75, 3.05) is 5.32 Å². The molecule has 1 amide bonds. The molecule has 0 aliphatic heterocycles. The van der Waals surface area contributed by atoms with Crippen LogP contribution in [0.3, 0.4) is 0 Å². The Morgan fingerprint density at radius 1 is 1.33 bits per heavy atom. The summed E-state index contributed by atoms with van der Waals surface area (Å²) in [6.07, 6.45) is 5.51. The van der Waals surface area contributed by atoms with Gasteiger partial charge in [-0.05, 0) is 47.8 Å². The second-order valence-electron chi connectivity index (χ2n) is 5.34. The number of rotatable bonds is 2. The van der Waals surface area contributed by atoms with Gasteiger partial charge in [0.2, 0.25) is 5.91 Å². The first kappa shape index (κ1) is 13.5. The predicted molar refractivity (Wildman–Crippen MR) is 76.5 cm³/mol. The highest BCUT2D eigenvalue weighted by atomic mass is 79.9. The summed E-state index contributed by atoms with van der Waals surface area (Å²) in [5, 5.41) is 2.95. The van der Waals surface area contributed by atoms with Crippen LogP contribution in [0, 0.1) is 12.3 Å². The minimum Gasteiger partial charge on any atom is -0.310 e. The maximum absolute atomic E-state index is 12.3. The highest BCUT2D eigenvalue weighted by Crippen LogP contribution is 2.36. The molecule has 0 aromatic carbocycles. The average molecular weight is 311 g/mol. The van der Waals surface area contributed by atoms with Crippen molar-refractivity contribution >= 4 is 27.7 Å². The lowest BCUT2D eigenvalue weighted by atomic mass is 9.75. The maximum Gasteiger partial charge on any atom is 0.231 e. The van der Waals surface area contributed by atoms with Crippen LogP contribution in [0.1, 0.15) is 44.7 Å². The van der Waals surface area contributed by atoms with Gasteiger partial charge in [-0.25, -0.2) is 4.98 Å². The number of halogens is 1. The van der Waals surface area contributed by atoms with Crippen molar-refractivity contribution in [1.29, 1.82) is 0 Å². The fourth-order valence-corrected chi connectivity index (χ4v) is 2.66. The first-order chi connectivity index (χ1) is 8.51. The molecular weight excluding hydrogens is 292 g/mol. The first-order valence-electron chi connectivity index (χ1n) is 6.46. The van der Waals surface area contributed by atoms with Gasteiger partial charge in [-0.15, -0.1) is 0 Å². The topological polar surface area (TPSA) is 42.0 Å². The lowest BCUT2D eigenvalue weighted by Gasteiger charge is -2.31. The van der Waals surface area contributed by atoms with E-state index in [2.05, 4.69) is 33.2 Å². The van der Waals surface area contributed by atoms with Crippen LogP contribution >= 0.6 is 15.9 Å². The van der Waals surface area contributed by atoms with Crippen molar-refractivity contribution in [2.24, 2.45) is 5.41 Å². The van der Waals surface area contributed by atoms with E-state index in [1.165, 1.54) is 6.42 Å². The zero-order valence-corrected chi connectivity index (χ0v) is 12.5. The van der Waals surface area contributed by atoms with Gasteiger partial charge in [0.1, 0.15) is 5.82 Å². The number of nitrogens with one attached hydrogen (secondary N) is 1. The third-order valence-corrected chi connectivity index (χ3v) is 4.61. The van der Waals surface area contributed by atoms with Crippen molar-refractivity contribution in [1.82, 2.24) is 4.98 Å². The molecule has 0 bridgehead atoms. The Balaban J connectivity index is 2.08. The number of carbonyl (C=O) groups excluding carboxylic acids is 1. The second kappa shape index (κ2) is 5.39. The number of hydrogen-bond acceptors (Lipinski definition) is 2. The fraction of sp³-hybridized carbons (Fsp3) is 0.571. The van der Waals surface area contributed by atoms with E-state index in [0.29, 0.717) is 5.82 Å². The predicted octanol–water partition coefficient (Wildman–Crippen LogP) is 4.06. The van der Waals surface area contributed by atoms with Crippen molar-refractivity contribution in [3.8, 4) is 0 Å². The molecule has 1 aliphatic rings. The first-order valence-corrected chi connectivity index (χ1v) is 7.25. The number of aromatic nitrogens is 1. The van der Waals surface area contributed by atoms with Gasteiger partial charge in [0.05, 0.1) is 5.69 Å². The van der Waals surface area contributed by atoms with E-state index in [1.54, 1.807) is 0 Å². The van der Waals surface area contributed by atoms with Crippen molar-refractivity contribution in [2.45, 2.75) is 46.0 Å². The number of amides is 1. The summed E-state index contributed by atoms with van der Waals surface area (Å²) in [5.41, 5.74) is 0.669. The van der Waals surface area contributed by atoms with Gasteiger partial charge in [0, 0.05) is 9.89 Å². The standard InChI is InChI=1S/C14H19BrN2O/c1-10-11(15)6-7-12(16-10)17-13(18)14(2)8-4-3-5-9-14/h6-7H,3-5,8-9H2,1-2H3,(H,16,17,18). The molecule has 0 atom stereocenters. The lowest BCUT2D eigenvalue weighted by Crippen LogP contribution is -2.35. The van der Waals surface area contributed by atoms with Gasteiger partial charge >= 0.3 is 0 Å². The van der Waals surface area contributed by atoms with Gasteiger partial charge < -0.3 is 5.32 Å². The maximum atomic E-state index is 12.3. The van der Waals surface area contributed by atoms with E-state index in [4.69, 9.17) is 0 Å². The lowest BCUT2D eigenvalue weighted by molar-refractivity contribution is -0.126. The van der Waals surface area contributed by atoms with Crippen LogP contribution in [0.15, 0.2) is 16.6 Å². The summed E-state index contributed by atoms with van der Waals surface area (Å²) in [6, 6.07) is 3.75. The average Bonchev–Trinajstić information content (AvgIpc) is 2.35. The molecule has 3 nitrogen and oxygen atoms in total. The van der Waals surface area contributed by atoms with Crippen LogP contribution in [0.5, 0.6) is 0 Å². The summed E-state index contributed by atoms with van der Waals surface area (Å²) in [4.78, 5) is 16.7. The molecule has 0 radical (unpaired) electrons. The van der Waals surface area contributed by atoms with E-state index >= 15 is 0 Å². The second-order valence-corrected chi connectivity index (χ2v) is 6.19. The molecular formula is C14H19BrN2O. The zero-order valence-electron chi connectivity index (χ0n) is 10.9. The van der Waals surface area contributed by atoms with Gasteiger partial charge in [-0.2, -0.15) is 0 Å². The van der Waals surface area contributed by atoms with Crippen LogP contribution in [0.25, 0.3) is 0 Å². The van der Waals surface area contributed by atoms with E-state index < -0.39 is 0 Å². The SMILES string of the molecule is Cc1nc(NC(=O)C2(C)CCCCC2)ccc1Br. The van der Waals surface area contributed by atoms with E-state index in [0.717, 1.165) is 35.8 Å². The molecule has 2 rings (SSSR count). The number of aryl methyl sites for hydroxylation is 1. The number of carbonyl (C=O) groups is 1. The fourth-order valence-electron chi connectivity index (χ4n) is 2.44. The Kier molecular flexibility index (Phi) is 4.05. The minimum atomic E-state index is -0.221. The quantitative estimate of drug-likeness (QED) is 0.895.